The number of hydrogen-bond acceptors (Lipinski definition) is 2. The molecule has 4 atom stereocenters. The van der Waals surface area contributed by atoms with E-state index in [1.54, 1.807) is 0 Å². The summed E-state index contributed by atoms with van der Waals surface area (Å²) in [6, 6.07) is 11.1. The van der Waals surface area contributed by atoms with Crippen molar-refractivity contribution in [3.63, 3.8) is 0 Å². The molecule has 1 saturated carbocycles. The minimum absolute atomic E-state index is 0.183. The monoisotopic (exact) mass is 343 g/mol. The Labute approximate surface area is 152 Å². The van der Waals surface area contributed by atoms with E-state index in [0.717, 1.165) is 38.0 Å². The Hall–Kier alpha value is -1.55. The molecule has 2 N–H and O–H groups in total. The Morgan fingerprint density at radius 1 is 1.20 bits per heavy atom. The van der Waals surface area contributed by atoms with Crippen LogP contribution in [0.1, 0.15) is 57.6 Å². The lowest BCUT2D eigenvalue weighted by molar-refractivity contribution is 0.0925. The van der Waals surface area contributed by atoms with Crippen molar-refractivity contribution in [2.75, 3.05) is 19.7 Å². The lowest BCUT2D eigenvalue weighted by atomic mass is 9.87. The van der Waals surface area contributed by atoms with Gasteiger partial charge in [-0.2, -0.15) is 0 Å². The van der Waals surface area contributed by atoms with Crippen molar-refractivity contribution in [2.45, 2.75) is 58.1 Å². The molecule has 1 aliphatic carbocycles. The summed E-state index contributed by atoms with van der Waals surface area (Å²) in [6.07, 6.45) is 6.47. The molecule has 0 amide bonds. The van der Waals surface area contributed by atoms with Gasteiger partial charge in [-0.15, -0.1) is 0 Å². The Morgan fingerprint density at radius 3 is 2.80 bits per heavy atom. The van der Waals surface area contributed by atoms with Crippen molar-refractivity contribution in [1.82, 2.24) is 10.6 Å². The van der Waals surface area contributed by atoms with Crippen molar-refractivity contribution >= 4 is 5.96 Å². The highest BCUT2D eigenvalue weighted by Crippen LogP contribution is 2.34. The summed E-state index contributed by atoms with van der Waals surface area (Å²) in [5.74, 6) is 2.25. The zero-order valence-electron chi connectivity index (χ0n) is 15.7. The van der Waals surface area contributed by atoms with Crippen molar-refractivity contribution in [1.29, 1.82) is 0 Å². The summed E-state index contributed by atoms with van der Waals surface area (Å²) in [5, 5.41) is 7.09. The Balaban J connectivity index is 1.60. The number of guanidine groups is 1. The third-order valence-corrected chi connectivity index (χ3v) is 5.45. The van der Waals surface area contributed by atoms with Crippen LogP contribution >= 0.6 is 0 Å². The van der Waals surface area contributed by atoms with Crippen LogP contribution in [0.4, 0.5) is 0 Å². The molecular weight excluding hydrogens is 310 g/mol. The van der Waals surface area contributed by atoms with Gasteiger partial charge >= 0.3 is 0 Å². The van der Waals surface area contributed by atoms with Crippen LogP contribution < -0.4 is 10.6 Å². The highest BCUT2D eigenvalue weighted by Gasteiger charge is 2.29. The van der Waals surface area contributed by atoms with Gasteiger partial charge in [0, 0.05) is 31.7 Å². The summed E-state index contributed by atoms with van der Waals surface area (Å²) in [7, 11) is 0. The maximum atomic E-state index is 6.00. The van der Waals surface area contributed by atoms with Crippen LogP contribution in [0.25, 0.3) is 0 Å². The predicted molar refractivity (Wildman–Crippen MR) is 104 cm³/mol. The lowest BCUT2D eigenvalue weighted by Crippen LogP contribution is -2.45. The summed E-state index contributed by atoms with van der Waals surface area (Å²) < 4.78 is 6.00. The molecule has 1 heterocycles. The van der Waals surface area contributed by atoms with Gasteiger partial charge in [0.25, 0.3) is 0 Å². The molecule has 4 nitrogen and oxygen atoms in total. The van der Waals surface area contributed by atoms with E-state index in [-0.39, 0.29) is 6.10 Å². The molecule has 2 aliphatic rings. The third kappa shape index (κ3) is 5.21. The fraction of sp³-hybridized carbons (Fsp3) is 0.667. The van der Waals surface area contributed by atoms with Crippen molar-refractivity contribution in [2.24, 2.45) is 16.8 Å². The molecule has 3 rings (SSSR count). The smallest absolute Gasteiger partial charge is 0.191 e. The van der Waals surface area contributed by atoms with E-state index >= 15 is 0 Å². The lowest BCUT2D eigenvalue weighted by Gasteiger charge is -2.29. The first-order chi connectivity index (χ1) is 12.3. The van der Waals surface area contributed by atoms with Crippen molar-refractivity contribution in [3.05, 3.63) is 35.9 Å². The molecule has 4 heteroatoms. The number of benzene rings is 1. The average molecular weight is 344 g/mol. The van der Waals surface area contributed by atoms with E-state index in [0.29, 0.717) is 12.0 Å². The van der Waals surface area contributed by atoms with Crippen molar-refractivity contribution < 1.29 is 4.74 Å². The Morgan fingerprint density at radius 2 is 2.04 bits per heavy atom. The fourth-order valence-corrected chi connectivity index (χ4v) is 4.12. The van der Waals surface area contributed by atoms with E-state index in [2.05, 4.69) is 54.8 Å². The van der Waals surface area contributed by atoms with Gasteiger partial charge in [0.15, 0.2) is 5.96 Å². The molecule has 0 bridgehead atoms. The molecule has 0 spiro atoms. The zero-order chi connectivity index (χ0) is 17.5. The first-order valence-electron chi connectivity index (χ1n) is 9.97. The molecule has 1 saturated heterocycles. The van der Waals surface area contributed by atoms with Crippen LogP contribution in [-0.2, 0) is 4.74 Å². The maximum Gasteiger partial charge on any atom is 0.191 e. The highest BCUT2D eigenvalue weighted by atomic mass is 16.5. The topological polar surface area (TPSA) is 45.7 Å². The predicted octanol–water partition coefficient (Wildman–Crippen LogP) is 3.90. The summed E-state index contributed by atoms with van der Waals surface area (Å²) in [6.45, 7) is 7.04. The highest BCUT2D eigenvalue weighted by molar-refractivity contribution is 5.80. The van der Waals surface area contributed by atoms with Gasteiger partial charge in [-0.1, -0.05) is 50.1 Å². The van der Waals surface area contributed by atoms with Gasteiger partial charge in [-0.3, -0.25) is 4.99 Å². The van der Waals surface area contributed by atoms with Gasteiger partial charge in [-0.25, -0.2) is 0 Å². The molecule has 4 unspecified atom stereocenters. The molecule has 0 radical (unpaired) electrons. The zero-order valence-corrected chi connectivity index (χ0v) is 15.7. The molecule has 2 fully saturated rings. The second-order valence-corrected chi connectivity index (χ2v) is 7.58. The number of hydrogen-bond donors (Lipinski definition) is 2. The molecule has 1 aromatic rings. The van der Waals surface area contributed by atoms with E-state index in [4.69, 9.17) is 9.73 Å². The summed E-state index contributed by atoms with van der Waals surface area (Å²) >= 11 is 0. The van der Waals surface area contributed by atoms with Crippen molar-refractivity contribution in [3.8, 4) is 0 Å². The largest absolute Gasteiger partial charge is 0.373 e. The molecule has 138 valence electrons. The van der Waals surface area contributed by atoms with Crippen LogP contribution in [-0.4, -0.2) is 31.7 Å². The summed E-state index contributed by atoms with van der Waals surface area (Å²) in [5.41, 5.74) is 1.28. The number of rotatable bonds is 5. The van der Waals surface area contributed by atoms with Crippen LogP contribution in [0.15, 0.2) is 35.3 Å². The van der Waals surface area contributed by atoms with Gasteiger partial charge in [0.05, 0.1) is 6.10 Å². The molecule has 25 heavy (non-hydrogen) atoms. The van der Waals surface area contributed by atoms with Crippen LogP contribution in [0.2, 0.25) is 0 Å². The molecule has 0 aromatic heterocycles. The average Bonchev–Trinajstić information content (AvgIpc) is 3.09. The normalized spacial score (nSPS) is 30.2. The molecular formula is C21H33N3O. The standard InChI is InChI=1S/C21H33N3O/c1-3-22-21(24-19-11-7-8-16(2)14-19)23-15-18-12-13-25-20(18)17-9-5-4-6-10-17/h4-6,9-10,16,18-20H,3,7-8,11-15H2,1-2H3,(H2,22,23,24). The maximum absolute atomic E-state index is 6.00. The van der Waals surface area contributed by atoms with Gasteiger partial charge in [-0.05, 0) is 37.7 Å². The third-order valence-electron chi connectivity index (χ3n) is 5.45. The van der Waals surface area contributed by atoms with E-state index < -0.39 is 0 Å². The van der Waals surface area contributed by atoms with Crippen LogP contribution in [0.3, 0.4) is 0 Å². The second-order valence-electron chi connectivity index (χ2n) is 7.58. The first kappa shape index (κ1) is 18.2. The number of aliphatic imine (C=N–C) groups is 1. The molecule has 1 aliphatic heterocycles. The van der Waals surface area contributed by atoms with Crippen LogP contribution in [0.5, 0.6) is 0 Å². The van der Waals surface area contributed by atoms with Crippen LogP contribution in [0, 0.1) is 11.8 Å². The van der Waals surface area contributed by atoms with Gasteiger partial charge in [0.2, 0.25) is 0 Å². The summed E-state index contributed by atoms with van der Waals surface area (Å²) in [4.78, 5) is 4.90. The van der Waals surface area contributed by atoms with E-state index in [9.17, 15) is 0 Å². The fourth-order valence-electron chi connectivity index (χ4n) is 4.12. The second kappa shape index (κ2) is 9.23. The SMILES string of the molecule is CCNC(=NCC1CCOC1c1ccccc1)NC1CCCC(C)C1. The Bertz CT molecular complexity index is 545. The first-order valence-corrected chi connectivity index (χ1v) is 9.97. The number of nitrogens with zero attached hydrogens (tertiary/aromatic N) is 1. The Kier molecular flexibility index (Phi) is 6.74. The number of nitrogens with one attached hydrogen (secondary N) is 2. The minimum atomic E-state index is 0.183. The van der Waals surface area contributed by atoms with Gasteiger partial charge in [0.1, 0.15) is 0 Å². The minimum Gasteiger partial charge on any atom is -0.373 e. The van der Waals surface area contributed by atoms with E-state index in [1.807, 2.05) is 0 Å². The molecule has 1 aromatic carbocycles. The number of ether oxygens (including phenoxy) is 1. The van der Waals surface area contributed by atoms with Gasteiger partial charge < -0.3 is 15.4 Å². The quantitative estimate of drug-likeness (QED) is 0.630. The van der Waals surface area contributed by atoms with E-state index in [1.165, 1.54) is 31.2 Å².